The third-order valence-electron chi connectivity index (χ3n) is 1.80. The van der Waals surface area contributed by atoms with Gasteiger partial charge in [-0.05, 0) is 27.4 Å². The van der Waals surface area contributed by atoms with E-state index in [-0.39, 0.29) is 0 Å². The zero-order chi connectivity index (χ0) is 6.97. The van der Waals surface area contributed by atoms with Crippen molar-refractivity contribution in [2.45, 2.75) is 5.92 Å². The van der Waals surface area contributed by atoms with Crippen LogP contribution in [-0.4, -0.2) is 13.1 Å². The van der Waals surface area contributed by atoms with Crippen LogP contribution >= 0.6 is 27.3 Å². The molecular weight excluding hydrogens is 210 g/mol. The predicted octanol–water partition coefficient (Wildman–Crippen LogP) is 2.20. The van der Waals surface area contributed by atoms with Crippen LogP contribution in [0.25, 0.3) is 0 Å². The minimum atomic E-state index is 0.773. The van der Waals surface area contributed by atoms with Crippen LogP contribution in [-0.2, 0) is 0 Å². The molecule has 10 heavy (non-hydrogen) atoms. The van der Waals surface area contributed by atoms with Gasteiger partial charge in [0.2, 0.25) is 0 Å². The molecule has 2 rings (SSSR count). The molecule has 0 saturated carbocycles. The van der Waals surface area contributed by atoms with Crippen LogP contribution in [0.4, 0.5) is 0 Å². The largest absolute Gasteiger partial charge is 0.315 e. The van der Waals surface area contributed by atoms with Crippen molar-refractivity contribution in [1.29, 1.82) is 0 Å². The quantitative estimate of drug-likeness (QED) is 0.761. The van der Waals surface area contributed by atoms with Crippen LogP contribution in [0.3, 0.4) is 0 Å². The average Bonchev–Trinajstić information content (AvgIpc) is 2.12. The number of hydrogen-bond acceptors (Lipinski definition) is 2. The van der Waals surface area contributed by atoms with Crippen molar-refractivity contribution in [3.05, 3.63) is 20.8 Å². The molecule has 1 aliphatic heterocycles. The van der Waals surface area contributed by atoms with Crippen LogP contribution in [0.15, 0.2) is 15.9 Å². The fraction of sp³-hybridized carbons (Fsp3) is 0.429. The lowest BCUT2D eigenvalue weighted by Crippen LogP contribution is -2.39. The molecule has 0 bridgehead atoms. The fourth-order valence-corrected chi connectivity index (χ4v) is 2.87. The number of rotatable bonds is 1. The molecule has 0 atom stereocenters. The van der Waals surface area contributed by atoms with Crippen LogP contribution in [0.5, 0.6) is 0 Å². The van der Waals surface area contributed by atoms with E-state index in [9.17, 15) is 0 Å². The van der Waals surface area contributed by atoms with E-state index < -0.39 is 0 Å². The summed E-state index contributed by atoms with van der Waals surface area (Å²) in [7, 11) is 0. The van der Waals surface area contributed by atoms with E-state index in [2.05, 4.69) is 32.7 Å². The maximum atomic E-state index is 3.52. The molecule has 1 aromatic heterocycles. The van der Waals surface area contributed by atoms with Crippen molar-refractivity contribution >= 4 is 27.3 Å². The molecule has 1 fully saturated rings. The highest BCUT2D eigenvalue weighted by Crippen LogP contribution is 2.32. The summed E-state index contributed by atoms with van der Waals surface area (Å²) in [6.45, 7) is 2.30. The molecule has 1 aliphatic rings. The van der Waals surface area contributed by atoms with Gasteiger partial charge in [0.25, 0.3) is 0 Å². The third kappa shape index (κ3) is 1.02. The second-order valence-electron chi connectivity index (χ2n) is 2.49. The van der Waals surface area contributed by atoms with Crippen molar-refractivity contribution < 1.29 is 0 Å². The molecule has 0 unspecified atom stereocenters. The lowest BCUT2D eigenvalue weighted by atomic mass is 10.0. The van der Waals surface area contributed by atoms with Gasteiger partial charge < -0.3 is 5.32 Å². The molecule has 1 aromatic rings. The van der Waals surface area contributed by atoms with Crippen molar-refractivity contribution in [2.24, 2.45) is 0 Å². The number of nitrogens with one attached hydrogen (secondary N) is 1. The van der Waals surface area contributed by atoms with Crippen LogP contribution in [0.1, 0.15) is 10.8 Å². The Morgan fingerprint density at radius 1 is 1.60 bits per heavy atom. The predicted molar refractivity (Wildman–Crippen MR) is 47.6 cm³/mol. The average molecular weight is 218 g/mol. The molecule has 0 amide bonds. The van der Waals surface area contributed by atoms with Gasteiger partial charge in [-0.2, -0.15) is 0 Å². The zero-order valence-corrected chi connectivity index (χ0v) is 7.83. The number of halogens is 1. The molecule has 1 saturated heterocycles. The summed E-state index contributed by atoms with van der Waals surface area (Å²) in [6.07, 6.45) is 0. The Labute approximate surface area is 72.6 Å². The Kier molecular flexibility index (Phi) is 1.80. The van der Waals surface area contributed by atoms with Crippen LogP contribution in [0, 0.1) is 0 Å². The Balaban J connectivity index is 2.23. The zero-order valence-electron chi connectivity index (χ0n) is 5.43. The monoisotopic (exact) mass is 217 g/mol. The number of thiophene rings is 1. The van der Waals surface area contributed by atoms with Gasteiger partial charge in [-0.25, -0.2) is 0 Å². The molecule has 2 heterocycles. The van der Waals surface area contributed by atoms with Crippen molar-refractivity contribution in [2.75, 3.05) is 13.1 Å². The summed E-state index contributed by atoms with van der Waals surface area (Å²) in [6, 6.07) is 2.12. The van der Waals surface area contributed by atoms with E-state index in [4.69, 9.17) is 0 Å². The topological polar surface area (TPSA) is 12.0 Å². The lowest BCUT2D eigenvalue weighted by Gasteiger charge is -2.26. The van der Waals surface area contributed by atoms with Crippen molar-refractivity contribution in [3.8, 4) is 0 Å². The molecule has 3 heteroatoms. The Bertz CT molecular complexity index is 229. The fourth-order valence-electron chi connectivity index (χ4n) is 1.07. The highest BCUT2D eigenvalue weighted by molar-refractivity contribution is 9.10. The molecule has 1 nitrogen and oxygen atoms in total. The van der Waals surface area contributed by atoms with Gasteiger partial charge in [0.05, 0.1) is 0 Å². The van der Waals surface area contributed by atoms with Gasteiger partial charge in [0, 0.05) is 28.4 Å². The Morgan fingerprint density at radius 3 is 2.80 bits per heavy atom. The highest BCUT2D eigenvalue weighted by Gasteiger charge is 2.21. The van der Waals surface area contributed by atoms with Gasteiger partial charge in [0.1, 0.15) is 0 Å². The van der Waals surface area contributed by atoms with E-state index >= 15 is 0 Å². The minimum Gasteiger partial charge on any atom is -0.315 e. The minimum absolute atomic E-state index is 0.773. The molecule has 1 N–H and O–H groups in total. The summed E-state index contributed by atoms with van der Waals surface area (Å²) < 4.78 is 1.28. The van der Waals surface area contributed by atoms with Gasteiger partial charge in [-0.15, -0.1) is 11.3 Å². The second-order valence-corrected chi connectivity index (χ2v) is 4.29. The summed E-state index contributed by atoms with van der Waals surface area (Å²) in [5.74, 6) is 0.773. The molecule has 0 aliphatic carbocycles. The maximum absolute atomic E-state index is 3.52. The first-order valence-corrected chi connectivity index (χ1v) is 4.99. The van der Waals surface area contributed by atoms with Crippen molar-refractivity contribution in [3.63, 3.8) is 0 Å². The summed E-state index contributed by atoms with van der Waals surface area (Å²) >= 11 is 5.37. The maximum Gasteiger partial charge on any atom is 0.0318 e. The van der Waals surface area contributed by atoms with Gasteiger partial charge in [0.15, 0.2) is 0 Å². The van der Waals surface area contributed by atoms with Crippen LogP contribution < -0.4 is 5.32 Å². The lowest BCUT2D eigenvalue weighted by molar-refractivity contribution is 0.453. The molecule has 0 radical (unpaired) electrons. The Morgan fingerprint density at radius 2 is 2.40 bits per heavy atom. The highest BCUT2D eigenvalue weighted by atomic mass is 79.9. The van der Waals surface area contributed by atoms with Gasteiger partial charge in [-0.3, -0.25) is 0 Å². The van der Waals surface area contributed by atoms with Crippen LogP contribution in [0.2, 0.25) is 0 Å². The van der Waals surface area contributed by atoms with E-state index in [0.29, 0.717) is 0 Å². The summed E-state index contributed by atoms with van der Waals surface area (Å²) in [4.78, 5) is 1.50. The van der Waals surface area contributed by atoms with Gasteiger partial charge >= 0.3 is 0 Å². The SMILES string of the molecule is Brc1ccsc1C1CNC1. The summed E-state index contributed by atoms with van der Waals surface area (Å²) in [5.41, 5.74) is 0. The first kappa shape index (κ1) is 6.83. The Hall–Kier alpha value is 0.140. The van der Waals surface area contributed by atoms with E-state index in [0.717, 1.165) is 19.0 Å². The molecule has 0 aromatic carbocycles. The molecule has 0 spiro atoms. The normalized spacial score (nSPS) is 18.9. The first-order chi connectivity index (χ1) is 4.88. The summed E-state index contributed by atoms with van der Waals surface area (Å²) in [5, 5.41) is 5.40. The smallest absolute Gasteiger partial charge is 0.0318 e. The molecule has 54 valence electrons. The molecular formula is C7H8BrNS. The first-order valence-electron chi connectivity index (χ1n) is 3.31. The van der Waals surface area contributed by atoms with E-state index in [1.807, 2.05) is 11.3 Å². The van der Waals surface area contributed by atoms with Gasteiger partial charge in [-0.1, -0.05) is 0 Å². The van der Waals surface area contributed by atoms with Crippen molar-refractivity contribution in [1.82, 2.24) is 5.32 Å². The third-order valence-corrected chi connectivity index (χ3v) is 3.83. The number of hydrogen-bond donors (Lipinski definition) is 1. The standard InChI is InChI=1S/C7H8BrNS/c8-6-1-2-10-7(6)5-3-9-4-5/h1-2,5,9H,3-4H2. The second kappa shape index (κ2) is 2.64. The van der Waals surface area contributed by atoms with E-state index in [1.165, 1.54) is 9.35 Å². The van der Waals surface area contributed by atoms with E-state index in [1.54, 1.807) is 0 Å².